The van der Waals surface area contributed by atoms with Crippen LogP contribution in [0.2, 0.25) is 0 Å². The first-order chi connectivity index (χ1) is 10.7. The largest absolute Gasteiger partial charge is 0.380 e. The predicted octanol–water partition coefficient (Wildman–Crippen LogP) is 1.37. The van der Waals surface area contributed by atoms with Crippen LogP contribution in [0.25, 0.3) is 0 Å². The van der Waals surface area contributed by atoms with Gasteiger partial charge in [-0.1, -0.05) is 6.07 Å². The van der Waals surface area contributed by atoms with Crippen molar-refractivity contribution in [1.29, 1.82) is 0 Å². The third kappa shape index (κ3) is 5.27. The normalized spacial score (nSPS) is 15.5. The van der Waals surface area contributed by atoms with E-state index in [-0.39, 0.29) is 6.03 Å². The van der Waals surface area contributed by atoms with Crippen molar-refractivity contribution in [2.75, 3.05) is 33.8 Å². The molecule has 2 rings (SSSR count). The molecule has 0 spiro atoms. The topological polar surface area (TPSA) is 66.5 Å². The van der Waals surface area contributed by atoms with Gasteiger partial charge in [0.1, 0.15) is 0 Å². The van der Waals surface area contributed by atoms with Gasteiger partial charge in [-0.2, -0.15) is 0 Å². The minimum absolute atomic E-state index is 0.0405. The highest BCUT2D eigenvalue weighted by Crippen LogP contribution is 2.12. The van der Waals surface area contributed by atoms with E-state index in [9.17, 15) is 4.79 Å². The molecular weight excluding hydrogens is 280 g/mol. The molecule has 0 unspecified atom stereocenters. The molecule has 122 valence electrons. The first-order valence-electron chi connectivity index (χ1n) is 7.81. The molecule has 1 aromatic rings. The van der Waals surface area contributed by atoms with Crippen molar-refractivity contribution in [2.24, 2.45) is 5.92 Å². The minimum atomic E-state index is -0.0405. The van der Waals surface area contributed by atoms with Crippen molar-refractivity contribution in [2.45, 2.75) is 26.0 Å². The maximum Gasteiger partial charge on any atom is 0.317 e. The van der Waals surface area contributed by atoms with E-state index in [0.717, 1.165) is 43.7 Å². The lowest BCUT2D eigenvalue weighted by molar-refractivity contribution is 0.184. The Labute approximate surface area is 132 Å². The highest BCUT2D eigenvalue weighted by molar-refractivity contribution is 5.73. The van der Waals surface area contributed by atoms with Gasteiger partial charge in [-0.3, -0.25) is 4.98 Å². The van der Waals surface area contributed by atoms with Gasteiger partial charge < -0.3 is 20.3 Å². The second-order valence-electron chi connectivity index (χ2n) is 5.82. The number of hydrogen-bond acceptors (Lipinski definition) is 4. The van der Waals surface area contributed by atoms with Crippen LogP contribution in [0.4, 0.5) is 4.79 Å². The third-order valence-electron chi connectivity index (χ3n) is 3.96. The van der Waals surface area contributed by atoms with Crippen LogP contribution in [0.15, 0.2) is 18.3 Å². The van der Waals surface area contributed by atoms with Crippen LogP contribution in [-0.2, 0) is 17.9 Å². The molecule has 1 saturated heterocycles. The summed E-state index contributed by atoms with van der Waals surface area (Å²) in [6.45, 7) is 3.92. The van der Waals surface area contributed by atoms with Crippen molar-refractivity contribution in [3.63, 3.8) is 0 Å². The molecule has 2 heterocycles. The monoisotopic (exact) mass is 306 g/mol. The van der Waals surface area contributed by atoms with Crippen LogP contribution >= 0.6 is 0 Å². The fourth-order valence-corrected chi connectivity index (χ4v) is 2.65. The summed E-state index contributed by atoms with van der Waals surface area (Å²) in [4.78, 5) is 18.2. The highest BCUT2D eigenvalue weighted by atomic mass is 16.5. The molecule has 2 N–H and O–H groups in total. The maximum absolute atomic E-state index is 12.1. The Kier molecular flexibility index (Phi) is 6.61. The average Bonchev–Trinajstić information content (AvgIpc) is 2.55. The van der Waals surface area contributed by atoms with Gasteiger partial charge in [0.2, 0.25) is 0 Å². The van der Waals surface area contributed by atoms with E-state index in [1.165, 1.54) is 0 Å². The minimum Gasteiger partial charge on any atom is -0.380 e. The van der Waals surface area contributed by atoms with Crippen molar-refractivity contribution < 1.29 is 9.53 Å². The van der Waals surface area contributed by atoms with Gasteiger partial charge in [-0.15, -0.1) is 0 Å². The molecule has 1 aromatic heterocycles. The number of carbonyl (C=O) groups is 1. The standard InChI is InChI=1S/C16H26N4O2/c1-20(11-13-5-7-17-8-6-13)16(21)19-10-15-4-3-14(9-18-15)12-22-2/h3-4,9,13,17H,5-8,10-12H2,1-2H3,(H,19,21). The third-order valence-corrected chi connectivity index (χ3v) is 3.96. The maximum atomic E-state index is 12.1. The number of pyridine rings is 1. The Balaban J connectivity index is 1.73. The zero-order valence-electron chi connectivity index (χ0n) is 13.5. The number of methoxy groups -OCH3 is 1. The summed E-state index contributed by atoms with van der Waals surface area (Å²) < 4.78 is 5.05. The summed E-state index contributed by atoms with van der Waals surface area (Å²) in [6.07, 6.45) is 4.06. The first-order valence-corrected chi connectivity index (χ1v) is 7.81. The zero-order valence-corrected chi connectivity index (χ0v) is 13.5. The molecule has 6 nitrogen and oxygen atoms in total. The number of nitrogens with zero attached hydrogens (tertiary/aromatic N) is 2. The summed E-state index contributed by atoms with van der Waals surface area (Å²) >= 11 is 0. The van der Waals surface area contributed by atoms with Crippen molar-refractivity contribution in [1.82, 2.24) is 20.5 Å². The van der Waals surface area contributed by atoms with E-state index >= 15 is 0 Å². The number of piperidine rings is 1. The van der Waals surface area contributed by atoms with Crippen LogP contribution in [-0.4, -0.2) is 49.7 Å². The fourth-order valence-electron chi connectivity index (χ4n) is 2.65. The lowest BCUT2D eigenvalue weighted by Gasteiger charge is -2.27. The summed E-state index contributed by atoms with van der Waals surface area (Å²) in [5.41, 5.74) is 1.88. The number of amides is 2. The fraction of sp³-hybridized carbons (Fsp3) is 0.625. The van der Waals surface area contributed by atoms with Gasteiger partial charge in [-0.05, 0) is 43.5 Å². The molecule has 0 bridgehead atoms. The summed E-state index contributed by atoms with van der Waals surface area (Å²) in [6, 6.07) is 3.85. The van der Waals surface area contributed by atoms with E-state index in [0.29, 0.717) is 19.1 Å². The van der Waals surface area contributed by atoms with E-state index in [1.807, 2.05) is 19.2 Å². The van der Waals surface area contributed by atoms with Gasteiger partial charge in [-0.25, -0.2) is 4.79 Å². The molecule has 0 saturated carbocycles. The lowest BCUT2D eigenvalue weighted by Crippen LogP contribution is -2.41. The lowest BCUT2D eigenvalue weighted by atomic mass is 9.98. The smallest absolute Gasteiger partial charge is 0.317 e. The second kappa shape index (κ2) is 8.70. The number of hydrogen-bond donors (Lipinski definition) is 2. The molecule has 1 aliphatic heterocycles. The molecule has 2 amide bonds. The molecule has 0 aromatic carbocycles. The second-order valence-corrected chi connectivity index (χ2v) is 5.82. The highest BCUT2D eigenvalue weighted by Gasteiger charge is 2.17. The van der Waals surface area contributed by atoms with Crippen molar-refractivity contribution in [3.8, 4) is 0 Å². The van der Waals surface area contributed by atoms with Gasteiger partial charge in [0.25, 0.3) is 0 Å². The molecular formula is C16H26N4O2. The van der Waals surface area contributed by atoms with Gasteiger partial charge in [0, 0.05) is 26.9 Å². The summed E-state index contributed by atoms with van der Waals surface area (Å²) in [5.74, 6) is 0.600. The number of rotatable bonds is 6. The molecule has 1 aliphatic rings. The molecule has 0 aliphatic carbocycles. The quantitative estimate of drug-likeness (QED) is 0.833. The SMILES string of the molecule is COCc1ccc(CNC(=O)N(C)CC2CCNCC2)nc1. The van der Waals surface area contributed by atoms with Gasteiger partial charge in [0.15, 0.2) is 0 Å². The van der Waals surface area contributed by atoms with Crippen LogP contribution in [0.3, 0.4) is 0 Å². The molecule has 0 radical (unpaired) electrons. The van der Waals surface area contributed by atoms with Gasteiger partial charge >= 0.3 is 6.03 Å². The number of aromatic nitrogens is 1. The number of nitrogens with one attached hydrogen (secondary N) is 2. The van der Waals surface area contributed by atoms with Crippen molar-refractivity contribution in [3.05, 3.63) is 29.6 Å². The first kappa shape index (κ1) is 16.7. The van der Waals surface area contributed by atoms with Gasteiger partial charge in [0.05, 0.1) is 18.8 Å². The van der Waals surface area contributed by atoms with Crippen molar-refractivity contribution >= 4 is 6.03 Å². The Morgan fingerprint density at radius 3 is 2.86 bits per heavy atom. The predicted molar refractivity (Wildman–Crippen MR) is 85.4 cm³/mol. The van der Waals surface area contributed by atoms with Crippen LogP contribution < -0.4 is 10.6 Å². The van der Waals surface area contributed by atoms with E-state index in [1.54, 1.807) is 18.2 Å². The zero-order chi connectivity index (χ0) is 15.8. The molecule has 0 atom stereocenters. The Hall–Kier alpha value is -1.66. The number of ether oxygens (including phenoxy) is 1. The van der Waals surface area contributed by atoms with E-state index in [4.69, 9.17) is 4.74 Å². The number of urea groups is 1. The van der Waals surface area contributed by atoms with Crippen LogP contribution in [0.5, 0.6) is 0 Å². The van der Waals surface area contributed by atoms with Crippen LogP contribution in [0.1, 0.15) is 24.1 Å². The average molecular weight is 306 g/mol. The van der Waals surface area contributed by atoms with Crippen LogP contribution in [0, 0.1) is 5.92 Å². The molecule has 1 fully saturated rings. The Bertz CT molecular complexity index is 458. The summed E-state index contributed by atoms with van der Waals surface area (Å²) in [7, 11) is 3.51. The Morgan fingerprint density at radius 2 is 2.23 bits per heavy atom. The van der Waals surface area contributed by atoms with E-state index in [2.05, 4.69) is 15.6 Å². The Morgan fingerprint density at radius 1 is 1.45 bits per heavy atom. The molecule has 6 heteroatoms. The summed E-state index contributed by atoms with van der Waals surface area (Å²) in [5, 5.41) is 6.26. The number of carbonyl (C=O) groups excluding carboxylic acids is 1. The molecule has 22 heavy (non-hydrogen) atoms. The van der Waals surface area contributed by atoms with E-state index < -0.39 is 0 Å².